The third-order valence-electron chi connectivity index (χ3n) is 5.34. The number of anilines is 1. The predicted molar refractivity (Wildman–Crippen MR) is 134 cm³/mol. The summed E-state index contributed by atoms with van der Waals surface area (Å²) >= 11 is 0. The van der Waals surface area contributed by atoms with Crippen molar-refractivity contribution in [2.45, 2.75) is 69.5 Å². The van der Waals surface area contributed by atoms with Gasteiger partial charge < -0.3 is 23.8 Å². The molecule has 0 radical (unpaired) electrons. The Labute approximate surface area is 212 Å². The highest BCUT2D eigenvalue weighted by Gasteiger charge is 2.20. The van der Waals surface area contributed by atoms with Crippen molar-refractivity contribution in [2.24, 2.45) is 0 Å². The monoisotopic (exact) mass is 519 g/mol. The molecule has 0 aliphatic rings. The van der Waals surface area contributed by atoms with Crippen molar-refractivity contribution in [3.63, 3.8) is 0 Å². The number of ether oxygens (including phenoxy) is 2. The third-order valence-corrected chi connectivity index (χ3v) is 6.60. The van der Waals surface area contributed by atoms with Crippen LogP contribution < -0.4 is 9.50 Å². The second-order valence-electron chi connectivity index (χ2n) is 8.35. The summed E-state index contributed by atoms with van der Waals surface area (Å²) in [5.74, 6) is -0.484. The van der Waals surface area contributed by atoms with Crippen LogP contribution >= 0.6 is 0 Å². The van der Waals surface area contributed by atoms with Gasteiger partial charge in [-0.15, -0.1) is 0 Å². The number of benzene rings is 2. The van der Waals surface area contributed by atoms with Gasteiger partial charge in [-0.2, -0.15) is 8.42 Å². The summed E-state index contributed by atoms with van der Waals surface area (Å²) in [5.41, 5.74) is 0.459. The lowest BCUT2D eigenvalue weighted by Crippen LogP contribution is -2.28. The average molecular weight is 520 g/mol. The van der Waals surface area contributed by atoms with Crippen LogP contribution in [0.1, 0.15) is 52.4 Å². The molecule has 0 aliphatic heterocycles. The van der Waals surface area contributed by atoms with E-state index >= 15 is 0 Å². The fraction of sp³-hybridized carbons (Fsp3) is 0.423. The van der Waals surface area contributed by atoms with Gasteiger partial charge in [0.05, 0.1) is 0 Å². The van der Waals surface area contributed by atoms with E-state index in [4.69, 9.17) is 13.7 Å². The summed E-state index contributed by atoms with van der Waals surface area (Å²) in [7, 11) is -2.57. The normalized spacial score (nSPS) is 12.9. The molecule has 0 spiro atoms. The number of unbranched alkanes of at least 4 members (excludes halogenated alkanes) is 1. The molecule has 1 amide bonds. The van der Waals surface area contributed by atoms with Gasteiger partial charge in [-0.25, -0.2) is 4.79 Å². The van der Waals surface area contributed by atoms with Crippen molar-refractivity contribution >= 4 is 33.5 Å². The van der Waals surface area contributed by atoms with Crippen molar-refractivity contribution in [1.29, 1.82) is 0 Å². The van der Waals surface area contributed by atoms with Crippen LogP contribution in [-0.2, 0) is 34.0 Å². The summed E-state index contributed by atoms with van der Waals surface area (Å²) in [6.07, 6.45) is 1.55. The van der Waals surface area contributed by atoms with E-state index < -0.39 is 28.3 Å². The van der Waals surface area contributed by atoms with Gasteiger partial charge in [0.15, 0.2) is 6.10 Å². The summed E-state index contributed by atoms with van der Waals surface area (Å²) in [5, 5.41) is 2.73. The molecule has 0 heterocycles. The number of rotatable bonds is 15. The summed E-state index contributed by atoms with van der Waals surface area (Å²) in [4.78, 5) is 35.6. The number of amides is 1. The number of hydrogen-bond donors (Lipinski definition) is 1. The zero-order valence-corrected chi connectivity index (χ0v) is 21.6. The van der Waals surface area contributed by atoms with Crippen LogP contribution in [0.25, 0.3) is 0 Å². The largest absolute Gasteiger partial charge is 0.460 e. The lowest BCUT2D eigenvalue weighted by Gasteiger charge is -2.19. The Balaban J connectivity index is 1.81. The first kappa shape index (κ1) is 29.0. The molecule has 196 valence electrons. The molecule has 0 saturated heterocycles. The Bertz CT molecular complexity index is 1100. The van der Waals surface area contributed by atoms with Crippen molar-refractivity contribution in [1.82, 2.24) is 0 Å². The van der Waals surface area contributed by atoms with E-state index in [-0.39, 0.29) is 28.8 Å². The second kappa shape index (κ2) is 14.4. The van der Waals surface area contributed by atoms with Crippen LogP contribution in [0, 0.1) is 0 Å². The molecule has 10 heteroatoms. The Morgan fingerprint density at radius 2 is 1.58 bits per heavy atom. The van der Waals surface area contributed by atoms with Crippen LogP contribution in [0.4, 0.5) is 5.69 Å². The van der Waals surface area contributed by atoms with Crippen LogP contribution in [0.5, 0.6) is 5.75 Å². The first-order valence-electron chi connectivity index (χ1n) is 11.7. The van der Waals surface area contributed by atoms with Crippen LogP contribution in [0.2, 0.25) is 0 Å². The molecular formula is C26H33NO8S. The minimum Gasteiger partial charge on any atom is -0.460 e. The predicted octanol–water partition coefficient (Wildman–Crippen LogP) is 4.27. The van der Waals surface area contributed by atoms with Gasteiger partial charge in [0.1, 0.15) is 22.5 Å². The maximum atomic E-state index is 12.4. The third kappa shape index (κ3) is 10.2. The first-order valence-corrected chi connectivity index (χ1v) is 13.1. The van der Waals surface area contributed by atoms with Crippen LogP contribution in [0.15, 0.2) is 59.5 Å². The van der Waals surface area contributed by atoms with E-state index in [2.05, 4.69) is 5.32 Å². The molecule has 2 unspecified atom stereocenters. The molecule has 1 N–H and O–H groups in total. The lowest BCUT2D eigenvalue weighted by molar-refractivity contribution is -0.161. The highest BCUT2D eigenvalue weighted by atomic mass is 32.2. The van der Waals surface area contributed by atoms with E-state index in [1.807, 2.05) is 0 Å². The fourth-order valence-corrected chi connectivity index (χ4v) is 4.15. The number of methoxy groups -OCH3 is 1. The summed E-state index contributed by atoms with van der Waals surface area (Å²) in [6, 6.07) is 13.9. The molecule has 2 atom stereocenters. The van der Waals surface area contributed by atoms with Crippen molar-refractivity contribution in [2.75, 3.05) is 12.4 Å². The summed E-state index contributed by atoms with van der Waals surface area (Å²) < 4.78 is 40.3. The molecule has 9 nitrogen and oxygen atoms in total. The van der Waals surface area contributed by atoms with E-state index in [0.717, 1.165) is 0 Å². The molecule has 36 heavy (non-hydrogen) atoms. The SMILES string of the molecule is COC(C)C(=O)OC(CCCCC(=O)Nc1ccc(S(=O)(=O)Oc2ccccc2)cc1)CCC(C)=O. The highest BCUT2D eigenvalue weighted by Crippen LogP contribution is 2.20. The van der Waals surface area contributed by atoms with Crippen LogP contribution in [-0.4, -0.2) is 45.4 Å². The van der Waals surface area contributed by atoms with E-state index in [9.17, 15) is 22.8 Å². The maximum absolute atomic E-state index is 12.4. The Kier molecular flexibility index (Phi) is 11.6. The average Bonchev–Trinajstić information content (AvgIpc) is 2.85. The topological polar surface area (TPSA) is 125 Å². The molecule has 2 aromatic carbocycles. The molecule has 0 aliphatic carbocycles. The smallest absolute Gasteiger partial charge is 0.339 e. The Morgan fingerprint density at radius 1 is 0.917 bits per heavy atom. The Morgan fingerprint density at radius 3 is 2.19 bits per heavy atom. The zero-order valence-electron chi connectivity index (χ0n) is 20.8. The molecule has 0 fully saturated rings. The number of Topliss-reactive ketones (excluding diaryl/α,β-unsaturated/α-hetero) is 1. The fourth-order valence-electron chi connectivity index (χ4n) is 3.22. The molecule has 0 aromatic heterocycles. The van der Waals surface area contributed by atoms with Gasteiger partial charge in [-0.3, -0.25) is 4.79 Å². The van der Waals surface area contributed by atoms with Crippen molar-refractivity contribution in [3.05, 3.63) is 54.6 Å². The van der Waals surface area contributed by atoms with Gasteiger partial charge in [-0.1, -0.05) is 18.2 Å². The van der Waals surface area contributed by atoms with Crippen molar-refractivity contribution < 1.29 is 36.5 Å². The number of nitrogens with one attached hydrogen (secondary N) is 1. The quantitative estimate of drug-likeness (QED) is 0.210. The Hall–Kier alpha value is -3.24. The molecule has 0 bridgehead atoms. The molecule has 2 aromatic rings. The first-order chi connectivity index (χ1) is 17.1. The van der Waals surface area contributed by atoms with E-state index in [1.165, 1.54) is 38.3 Å². The van der Waals surface area contributed by atoms with Gasteiger partial charge in [0.25, 0.3) is 0 Å². The maximum Gasteiger partial charge on any atom is 0.339 e. The number of carbonyl (C=O) groups excluding carboxylic acids is 3. The van der Waals surface area contributed by atoms with E-state index in [0.29, 0.717) is 37.8 Å². The minimum absolute atomic E-state index is 0.0145. The van der Waals surface area contributed by atoms with Crippen LogP contribution in [0.3, 0.4) is 0 Å². The lowest BCUT2D eigenvalue weighted by atomic mass is 10.0. The van der Waals surface area contributed by atoms with Gasteiger partial charge in [0, 0.05) is 25.6 Å². The molecule has 0 saturated carbocycles. The van der Waals surface area contributed by atoms with Gasteiger partial charge in [-0.05, 0) is 75.9 Å². The summed E-state index contributed by atoms with van der Waals surface area (Å²) in [6.45, 7) is 3.08. The second-order valence-corrected chi connectivity index (χ2v) is 9.89. The molecular weight excluding hydrogens is 486 g/mol. The zero-order chi connectivity index (χ0) is 26.6. The van der Waals surface area contributed by atoms with Crippen molar-refractivity contribution in [3.8, 4) is 5.75 Å². The van der Waals surface area contributed by atoms with E-state index in [1.54, 1.807) is 37.3 Å². The minimum atomic E-state index is -3.99. The van der Waals surface area contributed by atoms with Gasteiger partial charge >= 0.3 is 16.1 Å². The van der Waals surface area contributed by atoms with Gasteiger partial charge in [0.2, 0.25) is 5.91 Å². The highest BCUT2D eigenvalue weighted by molar-refractivity contribution is 7.87. The number of hydrogen-bond acceptors (Lipinski definition) is 8. The number of esters is 1. The molecule has 2 rings (SSSR count). The number of ketones is 1. The standard InChI is InChI=1S/C26H33NO8S/c1-19(28)13-16-22(34-26(30)20(2)33-3)9-7-8-12-25(29)27-21-14-17-24(18-15-21)36(31,32)35-23-10-5-4-6-11-23/h4-6,10-11,14-15,17-18,20,22H,7-9,12-13,16H2,1-3H3,(H,27,29). The number of para-hydroxylation sites is 1. The number of carbonyl (C=O) groups is 3.